The lowest BCUT2D eigenvalue weighted by Crippen LogP contribution is -2.23. The first-order chi connectivity index (χ1) is 12.2. The lowest BCUT2D eigenvalue weighted by Gasteiger charge is -2.07. The number of carbonyl (C=O) groups is 2. The molecule has 0 bridgehead atoms. The number of rotatable bonds is 6. The van der Waals surface area contributed by atoms with Crippen molar-refractivity contribution in [2.45, 2.75) is 13.5 Å². The van der Waals surface area contributed by atoms with Crippen LogP contribution in [0, 0.1) is 27.2 Å². The molecule has 0 fully saturated rings. The molecule has 2 N–H and O–H groups in total. The average molecular weight is 359 g/mol. The summed E-state index contributed by atoms with van der Waals surface area (Å²) < 4.78 is 0. The molecule has 134 valence electrons. The van der Waals surface area contributed by atoms with Gasteiger partial charge in [0.05, 0.1) is 21.0 Å². The van der Waals surface area contributed by atoms with Crippen LogP contribution in [0.25, 0.3) is 0 Å². The number of nitro benzene ring substituents is 2. The summed E-state index contributed by atoms with van der Waals surface area (Å²) in [4.78, 5) is 43.7. The molecule has 0 saturated heterocycles. The van der Waals surface area contributed by atoms with Gasteiger partial charge in [-0.05, 0) is 24.6 Å². The molecule has 0 atom stereocenters. The number of benzene rings is 2. The molecule has 0 aliphatic carbocycles. The molecule has 0 aliphatic heterocycles. The Labute approximate surface area is 146 Å². The lowest BCUT2D eigenvalue weighted by atomic mass is 10.1. The van der Waals surface area contributed by atoms with Gasteiger partial charge in [0.1, 0.15) is 5.56 Å². The van der Waals surface area contributed by atoms with E-state index in [1.54, 1.807) is 6.07 Å². The zero-order valence-corrected chi connectivity index (χ0v) is 13.5. The second-order valence-electron chi connectivity index (χ2n) is 5.34. The number of hydrogen-bond donors (Lipinski definition) is 2. The number of carbonyl (C=O) groups excluding carboxylic acids is 1. The Morgan fingerprint density at radius 2 is 1.62 bits per heavy atom. The third kappa shape index (κ3) is 3.98. The monoisotopic (exact) mass is 359 g/mol. The van der Waals surface area contributed by atoms with Crippen LogP contribution in [0.1, 0.15) is 31.8 Å². The van der Waals surface area contributed by atoms with E-state index in [9.17, 15) is 29.8 Å². The maximum Gasteiger partial charge on any atom is 0.335 e. The summed E-state index contributed by atoms with van der Waals surface area (Å²) >= 11 is 0. The summed E-state index contributed by atoms with van der Waals surface area (Å²) in [7, 11) is 0. The molecule has 0 saturated carbocycles. The van der Waals surface area contributed by atoms with Crippen molar-refractivity contribution in [1.82, 2.24) is 5.32 Å². The van der Waals surface area contributed by atoms with E-state index in [0.717, 1.165) is 12.1 Å². The third-order valence-corrected chi connectivity index (χ3v) is 3.64. The zero-order valence-electron chi connectivity index (χ0n) is 13.5. The number of nitro groups is 2. The van der Waals surface area contributed by atoms with Gasteiger partial charge in [0.25, 0.3) is 17.3 Å². The normalized spacial score (nSPS) is 10.2. The van der Waals surface area contributed by atoms with Crippen molar-refractivity contribution in [2.75, 3.05) is 0 Å². The van der Waals surface area contributed by atoms with Crippen LogP contribution < -0.4 is 5.32 Å². The second kappa shape index (κ2) is 7.38. The van der Waals surface area contributed by atoms with Crippen molar-refractivity contribution >= 4 is 23.3 Å². The molecule has 1 amide bonds. The van der Waals surface area contributed by atoms with Gasteiger partial charge in [0.2, 0.25) is 0 Å². The number of nitrogens with zero attached hydrogens (tertiary/aromatic N) is 2. The van der Waals surface area contributed by atoms with Gasteiger partial charge in [-0.1, -0.05) is 12.1 Å². The Morgan fingerprint density at radius 1 is 1.04 bits per heavy atom. The second-order valence-corrected chi connectivity index (χ2v) is 5.34. The Hall–Kier alpha value is -3.82. The van der Waals surface area contributed by atoms with Crippen molar-refractivity contribution in [3.05, 3.63) is 78.9 Å². The molecular formula is C16H13N3O7. The Bertz CT molecular complexity index is 889. The fourth-order valence-electron chi connectivity index (χ4n) is 2.29. The van der Waals surface area contributed by atoms with E-state index in [0.29, 0.717) is 5.56 Å². The highest BCUT2D eigenvalue weighted by atomic mass is 16.6. The van der Waals surface area contributed by atoms with Crippen LogP contribution in [-0.4, -0.2) is 26.8 Å². The molecular weight excluding hydrogens is 346 g/mol. The highest BCUT2D eigenvalue weighted by molar-refractivity contribution is 5.96. The largest absolute Gasteiger partial charge is 0.478 e. The van der Waals surface area contributed by atoms with E-state index in [1.807, 2.05) is 0 Å². The van der Waals surface area contributed by atoms with Gasteiger partial charge >= 0.3 is 5.97 Å². The first kappa shape index (κ1) is 18.5. The molecule has 2 aromatic rings. The minimum atomic E-state index is -1.12. The highest BCUT2D eigenvalue weighted by Gasteiger charge is 2.25. The van der Waals surface area contributed by atoms with Gasteiger partial charge in [-0.15, -0.1) is 0 Å². The van der Waals surface area contributed by atoms with Crippen molar-refractivity contribution in [3.8, 4) is 0 Å². The van der Waals surface area contributed by atoms with E-state index in [-0.39, 0.29) is 23.2 Å². The summed E-state index contributed by atoms with van der Waals surface area (Å²) in [5.74, 6) is -1.88. The standard InChI is InChI=1S/C16H13N3O7/c1-9-13(18(23)24)6-12(7-14(9)19(25)26)15(20)17-8-10-3-2-4-11(5-10)16(21)22/h2-7H,8H2,1H3,(H,17,20)(H,21,22). The van der Waals surface area contributed by atoms with Gasteiger partial charge in [0, 0.05) is 18.7 Å². The first-order valence-electron chi connectivity index (χ1n) is 7.24. The molecule has 0 unspecified atom stereocenters. The molecule has 0 spiro atoms. The molecule has 10 heteroatoms. The number of aromatic carboxylic acids is 1. The van der Waals surface area contributed by atoms with Crippen LogP contribution in [0.2, 0.25) is 0 Å². The van der Waals surface area contributed by atoms with Crippen LogP contribution in [0.4, 0.5) is 11.4 Å². The Morgan fingerprint density at radius 3 is 2.12 bits per heavy atom. The van der Waals surface area contributed by atoms with Crippen molar-refractivity contribution in [1.29, 1.82) is 0 Å². The summed E-state index contributed by atoms with van der Waals surface area (Å²) in [5.41, 5.74) is -0.906. The zero-order chi connectivity index (χ0) is 19.4. The van der Waals surface area contributed by atoms with Crippen molar-refractivity contribution in [3.63, 3.8) is 0 Å². The topological polar surface area (TPSA) is 153 Å². The predicted octanol–water partition coefficient (Wildman–Crippen LogP) is 2.44. The molecule has 0 radical (unpaired) electrons. The summed E-state index contributed by atoms with van der Waals surface area (Å²) in [5, 5.41) is 33.5. The maximum atomic E-state index is 12.2. The van der Waals surface area contributed by atoms with E-state index < -0.39 is 33.1 Å². The Kier molecular flexibility index (Phi) is 5.26. The fraction of sp³-hybridized carbons (Fsp3) is 0.125. The molecule has 0 aliphatic rings. The average Bonchev–Trinajstić information content (AvgIpc) is 2.59. The molecule has 0 aromatic heterocycles. The van der Waals surface area contributed by atoms with Crippen LogP contribution in [0.15, 0.2) is 36.4 Å². The van der Waals surface area contributed by atoms with Gasteiger partial charge < -0.3 is 10.4 Å². The van der Waals surface area contributed by atoms with Crippen LogP contribution in [0.3, 0.4) is 0 Å². The number of amides is 1. The summed E-state index contributed by atoms with van der Waals surface area (Å²) in [6, 6.07) is 7.78. The number of hydrogen-bond acceptors (Lipinski definition) is 6. The molecule has 10 nitrogen and oxygen atoms in total. The van der Waals surface area contributed by atoms with E-state index in [4.69, 9.17) is 5.11 Å². The first-order valence-corrected chi connectivity index (χ1v) is 7.24. The number of carboxylic acid groups (broad SMARTS) is 1. The van der Waals surface area contributed by atoms with E-state index in [1.165, 1.54) is 25.1 Å². The highest BCUT2D eigenvalue weighted by Crippen LogP contribution is 2.29. The number of carboxylic acids is 1. The third-order valence-electron chi connectivity index (χ3n) is 3.64. The Balaban J connectivity index is 2.27. The van der Waals surface area contributed by atoms with Gasteiger partial charge in [-0.25, -0.2) is 4.79 Å². The molecule has 0 heterocycles. The minimum Gasteiger partial charge on any atom is -0.478 e. The quantitative estimate of drug-likeness (QED) is 0.593. The summed E-state index contributed by atoms with van der Waals surface area (Å²) in [6.45, 7) is 1.19. The van der Waals surface area contributed by atoms with Gasteiger partial charge in [0.15, 0.2) is 0 Å². The lowest BCUT2D eigenvalue weighted by molar-refractivity contribution is -0.395. The summed E-state index contributed by atoms with van der Waals surface area (Å²) in [6.07, 6.45) is 0. The minimum absolute atomic E-state index is 0.0401. The maximum absolute atomic E-state index is 12.2. The van der Waals surface area contributed by atoms with Gasteiger partial charge in [-0.2, -0.15) is 0 Å². The molecule has 2 aromatic carbocycles. The molecule has 2 rings (SSSR count). The van der Waals surface area contributed by atoms with Crippen molar-refractivity contribution in [2.24, 2.45) is 0 Å². The smallest absolute Gasteiger partial charge is 0.335 e. The van der Waals surface area contributed by atoms with E-state index in [2.05, 4.69) is 5.32 Å². The fourth-order valence-corrected chi connectivity index (χ4v) is 2.29. The van der Waals surface area contributed by atoms with Gasteiger partial charge in [-0.3, -0.25) is 25.0 Å². The van der Waals surface area contributed by atoms with Crippen LogP contribution >= 0.6 is 0 Å². The van der Waals surface area contributed by atoms with E-state index >= 15 is 0 Å². The van der Waals surface area contributed by atoms with Crippen molar-refractivity contribution < 1.29 is 24.5 Å². The number of nitrogens with one attached hydrogen (secondary N) is 1. The SMILES string of the molecule is Cc1c([N+](=O)[O-])cc(C(=O)NCc2cccc(C(=O)O)c2)cc1[N+](=O)[O-]. The molecule has 26 heavy (non-hydrogen) atoms. The van der Waals surface area contributed by atoms with Crippen LogP contribution in [-0.2, 0) is 6.54 Å². The predicted molar refractivity (Wildman–Crippen MR) is 89.1 cm³/mol. The van der Waals surface area contributed by atoms with Crippen LogP contribution in [0.5, 0.6) is 0 Å².